The molecule has 0 aromatic carbocycles. The molecule has 0 aliphatic rings. The van der Waals surface area contributed by atoms with Gasteiger partial charge in [-0.15, -0.1) is 0 Å². The monoisotopic (exact) mass is 394 g/mol. The van der Waals surface area contributed by atoms with Crippen molar-refractivity contribution in [1.82, 2.24) is 5.32 Å². The summed E-state index contributed by atoms with van der Waals surface area (Å²) in [5, 5.41) is 3.23. The molecule has 2 heteroatoms. The van der Waals surface area contributed by atoms with E-state index >= 15 is 0 Å². The number of unbranched alkanes of at least 4 members (excludes halogenated alkanes) is 20. The zero-order chi connectivity index (χ0) is 20.5. The van der Waals surface area contributed by atoms with Gasteiger partial charge in [0.05, 0.1) is 5.82 Å². The molecule has 0 fully saturated rings. The molecule has 0 heterocycles. The average molecular weight is 395 g/mol. The Labute approximate surface area is 178 Å². The Morgan fingerprint density at radius 2 is 0.821 bits per heavy atom. The van der Waals surface area contributed by atoms with Crippen LogP contribution in [0.15, 0.2) is 11.9 Å². The van der Waals surface area contributed by atoms with Gasteiger partial charge in [0, 0.05) is 6.54 Å². The van der Waals surface area contributed by atoms with Crippen LogP contribution in [0.2, 0.25) is 0 Å². The van der Waals surface area contributed by atoms with Gasteiger partial charge >= 0.3 is 0 Å². The van der Waals surface area contributed by atoms with Crippen molar-refractivity contribution in [3.63, 3.8) is 0 Å². The van der Waals surface area contributed by atoms with E-state index in [4.69, 9.17) is 5.73 Å². The summed E-state index contributed by atoms with van der Waals surface area (Å²) in [4.78, 5) is 0. The van der Waals surface area contributed by atoms with Crippen LogP contribution < -0.4 is 11.1 Å². The summed E-state index contributed by atoms with van der Waals surface area (Å²) in [6.45, 7) is 5.29. The molecule has 3 N–H and O–H groups in total. The third kappa shape index (κ3) is 23.4. The topological polar surface area (TPSA) is 38.0 Å². The highest BCUT2D eigenvalue weighted by Crippen LogP contribution is 2.14. The minimum Gasteiger partial charge on any atom is -0.386 e. The van der Waals surface area contributed by atoms with Crippen molar-refractivity contribution in [1.29, 1.82) is 0 Å². The molecule has 0 aromatic rings. The van der Waals surface area contributed by atoms with Crippen LogP contribution in [0.1, 0.15) is 149 Å². The van der Waals surface area contributed by atoms with E-state index in [1.54, 1.807) is 0 Å². The molecule has 0 saturated heterocycles. The number of hydrogen-bond donors (Lipinski definition) is 2. The van der Waals surface area contributed by atoms with E-state index in [0.29, 0.717) is 0 Å². The van der Waals surface area contributed by atoms with Gasteiger partial charge in [0.1, 0.15) is 0 Å². The predicted octanol–water partition coefficient (Wildman–Crippen LogP) is 8.61. The Kier molecular flexibility index (Phi) is 23.8. The highest BCUT2D eigenvalue weighted by molar-refractivity contribution is 4.90. The lowest BCUT2D eigenvalue weighted by atomic mass is 10.0. The summed E-state index contributed by atoms with van der Waals surface area (Å²) in [6.07, 6.45) is 32.1. The molecule has 0 saturated carbocycles. The Bertz CT molecular complexity index is 312. The van der Waals surface area contributed by atoms with Crippen LogP contribution in [0.3, 0.4) is 0 Å². The maximum absolute atomic E-state index is 5.71. The maximum Gasteiger partial charge on any atom is 0.0916 e. The van der Waals surface area contributed by atoms with Crippen LogP contribution in [0.5, 0.6) is 0 Å². The Balaban J connectivity index is 3.01. The van der Waals surface area contributed by atoms with Crippen molar-refractivity contribution >= 4 is 0 Å². The van der Waals surface area contributed by atoms with Gasteiger partial charge < -0.3 is 11.1 Å². The number of hydrogen-bond acceptors (Lipinski definition) is 2. The summed E-state index contributed by atoms with van der Waals surface area (Å²) < 4.78 is 0. The largest absolute Gasteiger partial charge is 0.386 e. The molecule has 0 atom stereocenters. The van der Waals surface area contributed by atoms with Crippen LogP contribution in [-0.2, 0) is 0 Å². The predicted molar refractivity (Wildman–Crippen MR) is 129 cm³/mol. The van der Waals surface area contributed by atoms with Crippen LogP contribution in [0, 0.1) is 0 Å². The van der Waals surface area contributed by atoms with Crippen LogP contribution in [-0.4, -0.2) is 6.54 Å². The van der Waals surface area contributed by atoms with Crippen molar-refractivity contribution in [2.24, 2.45) is 5.73 Å². The second-order valence-corrected chi connectivity index (χ2v) is 8.74. The van der Waals surface area contributed by atoms with Gasteiger partial charge in [0.2, 0.25) is 0 Å². The van der Waals surface area contributed by atoms with Crippen LogP contribution in [0.25, 0.3) is 0 Å². The van der Waals surface area contributed by atoms with Gasteiger partial charge in [-0.1, -0.05) is 135 Å². The molecule has 0 aliphatic carbocycles. The van der Waals surface area contributed by atoms with Crippen LogP contribution in [0.4, 0.5) is 0 Å². The van der Waals surface area contributed by atoms with Crippen molar-refractivity contribution < 1.29 is 0 Å². The fourth-order valence-corrected chi connectivity index (χ4v) is 3.89. The molecule has 0 aliphatic heterocycles. The normalized spacial score (nSPS) is 11.9. The van der Waals surface area contributed by atoms with E-state index in [1.165, 1.54) is 135 Å². The van der Waals surface area contributed by atoms with E-state index < -0.39 is 0 Å². The fraction of sp³-hybridized carbons (Fsp3) is 0.923. The first kappa shape index (κ1) is 27.3. The summed E-state index contributed by atoms with van der Waals surface area (Å²) >= 11 is 0. The quantitative estimate of drug-likeness (QED) is 0.170. The molecule has 28 heavy (non-hydrogen) atoms. The Morgan fingerprint density at radius 1 is 0.536 bits per heavy atom. The van der Waals surface area contributed by atoms with E-state index in [2.05, 4.69) is 12.2 Å². The molecule has 168 valence electrons. The van der Waals surface area contributed by atoms with Gasteiger partial charge in [-0.3, -0.25) is 0 Å². The second kappa shape index (κ2) is 24.4. The van der Waals surface area contributed by atoms with E-state index in [9.17, 15) is 0 Å². The fourth-order valence-electron chi connectivity index (χ4n) is 3.89. The molecule has 0 bridgehead atoms. The van der Waals surface area contributed by atoms with Gasteiger partial charge in [-0.2, -0.15) is 0 Å². The minimum absolute atomic E-state index is 0.813. The van der Waals surface area contributed by atoms with Gasteiger partial charge in [0.25, 0.3) is 0 Å². The Morgan fingerprint density at radius 3 is 1.11 bits per heavy atom. The van der Waals surface area contributed by atoms with E-state index in [1.807, 2.05) is 13.0 Å². The Hall–Kier alpha value is -0.660. The first-order chi connectivity index (χ1) is 13.8. The smallest absolute Gasteiger partial charge is 0.0916 e. The van der Waals surface area contributed by atoms with Crippen molar-refractivity contribution in [3.8, 4) is 0 Å². The average Bonchev–Trinajstić information content (AvgIpc) is 2.71. The number of nitrogens with one attached hydrogen (secondary N) is 1. The van der Waals surface area contributed by atoms with E-state index in [0.717, 1.165) is 12.4 Å². The molecule has 0 spiro atoms. The lowest BCUT2D eigenvalue weighted by molar-refractivity contribution is 0.519. The SMILES string of the molecule is CC=C(N)NCCCCCCCCCCCCCCCCCCCCCCC. The van der Waals surface area contributed by atoms with Gasteiger partial charge in [-0.25, -0.2) is 0 Å². The van der Waals surface area contributed by atoms with Gasteiger partial charge in [0.15, 0.2) is 0 Å². The third-order valence-electron chi connectivity index (χ3n) is 5.92. The first-order valence-electron chi connectivity index (χ1n) is 13.0. The molecule has 0 rings (SSSR count). The lowest BCUT2D eigenvalue weighted by Gasteiger charge is -2.06. The summed E-state index contributed by atoms with van der Waals surface area (Å²) in [5.41, 5.74) is 5.71. The number of rotatable bonds is 23. The molecule has 0 unspecified atom stereocenters. The lowest BCUT2D eigenvalue weighted by Crippen LogP contribution is -2.20. The van der Waals surface area contributed by atoms with Crippen LogP contribution >= 0.6 is 0 Å². The zero-order valence-electron chi connectivity index (χ0n) is 19.7. The van der Waals surface area contributed by atoms with Crippen molar-refractivity contribution in [2.75, 3.05) is 6.54 Å². The second-order valence-electron chi connectivity index (χ2n) is 8.74. The minimum atomic E-state index is 0.813. The highest BCUT2D eigenvalue weighted by atomic mass is 15.0. The highest BCUT2D eigenvalue weighted by Gasteiger charge is 1.95. The van der Waals surface area contributed by atoms with Crippen molar-refractivity contribution in [3.05, 3.63) is 11.9 Å². The third-order valence-corrected chi connectivity index (χ3v) is 5.92. The summed E-state index contributed by atoms with van der Waals surface area (Å²) in [7, 11) is 0. The molecule has 0 amide bonds. The number of nitrogens with two attached hydrogens (primary N) is 1. The summed E-state index contributed by atoms with van der Waals surface area (Å²) in [5.74, 6) is 0.813. The number of allylic oxidation sites excluding steroid dienone is 1. The summed E-state index contributed by atoms with van der Waals surface area (Å²) in [6, 6.07) is 0. The molecule has 2 nitrogen and oxygen atoms in total. The first-order valence-corrected chi connectivity index (χ1v) is 13.0. The molecule has 0 radical (unpaired) electrons. The van der Waals surface area contributed by atoms with Gasteiger partial charge in [-0.05, 0) is 19.4 Å². The van der Waals surface area contributed by atoms with E-state index in [-0.39, 0.29) is 0 Å². The molecular formula is C26H54N2. The standard InChI is InChI=1S/C26H54N2/c1-3-5-6-7-8-9-10-11-12-13-14-15-16-17-18-19-20-21-22-23-24-25-28-26(27)4-2/h4,28H,3,5-25,27H2,1-2H3. The molecular weight excluding hydrogens is 340 g/mol. The van der Waals surface area contributed by atoms with Crippen molar-refractivity contribution in [2.45, 2.75) is 149 Å². The zero-order valence-corrected chi connectivity index (χ0v) is 19.7. The maximum atomic E-state index is 5.71. The molecule has 0 aromatic heterocycles.